The van der Waals surface area contributed by atoms with Crippen LogP contribution >= 0.6 is 0 Å². The molecule has 0 bridgehead atoms. The summed E-state index contributed by atoms with van der Waals surface area (Å²) in [5.41, 5.74) is -1.19. The number of hydrogen-bond acceptors (Lipinski definition) is 4. The maximum atomic E-state index is 12.0. The summed E-state index contributed by atoms with van der Waals surface area (Å²) >= 11 is 0. The Morgan fingerprint density at radius 2 is 2.06 bits per heavy atom. The van der Waals surface area contributed by atoms with Crippen molar-refractivity contribution in [2.75, 3.05) is 6.61 Å². The predicted molar refractivity (Wildman–Crippen MR) is 63.3 cm³/mol. The van der Waals surface area contributed by atoms with E-state index in [1.54, 1.807) is 13.8 Å². The number of aldehydes is 1. The first kappa shape index (κ1) is 14.2. The smallest absolute Gasteiger partial charge is 0.313 e. The summed E-state index contributed by atoms with van der Waals surface area (Å²) in [7, 11) is 0. The van der Waals surface area contributed by atoms with Gasteiger partial charge in [0, 0.05) is 11.8 Å². The SMILES string of the molecule is CC(C)(C=O)CC(C)(C)C(=O)OC1CCCO1. The van der Waals surface area contributed by atoms with E-state index >= 15 is 0 Å². The van der Waals surface area contributed by atoms with Crippen molar-refractivity contribution in [3.05, 3.63) is 0 Å². The molecule has 1 rings (SSSR count). The first-order valence-corrected chi connectivity index (χ1v) is 6.06. The fourth-order valence-electron chi connectivity index (χ4n) is 2.17. The molecule has 0 saturated carbocycles. The van der Waals surface area contributed by atoms with E-state index in [9.17, 15) is 9.59 Å². The monoisotopic (exact) mass is 242 g/mol. The summed E-state index contributed by atoms with van der Waals surface area (Å²) in [6, 6.07) is 0. The lowest BCUT2D eigenvalue weighted by Crippen LogP contribution is -2.35. The van der Waals surface area contributed by atoms with Crippen molar-refractivity contribution < 1.29 is 19.1 Å². The Kier molecular flexibility index (Phi) is 4.31. The van der Waals surface area contributed by atoms with Crippen LogP contribution in [0, 0.1) is 10.8 Å². The molecule has 0 amide bonds. The van der Waals surface area contributed by atoms with Crippen LogP contribution < -0.4 is 0 Å². The molecule has 1 aliphatic heterocycles. The van der Waals surface area contributed by atoms with E-state index in [1.807, 2.05) is 13.8 Å². The average Bonchev–Trinajstić information content (AvgIpc) is 2.69. The lowest BCUT2D eigenvalue weighted by atomic mass is 9.76. The molecule has 0 aliphatic carbocycles. The van der Waals surface area contributed by atoms with Crippen LogP contribution in [0.1, 0.15) is 47.0 Å². The van der Waals surface area contributed by atoms with Gasteiger partial charge in [-0.1, -0.05) is 13.8 Å². The van der Waals surface area contributed by atoms with Crippen LogP contribution in [-0.2, 0) is 19.1 Å². The van der Waals surface area contributed by atoms with Gasteiger partial charge < -0.3 is 14.3 Å². The Morgan fingerprint density at radius 1 is 1.41 bits per heavy atom. The van der Waals surface area contributed by atoms with Crippen LogP contribution in [0.4, 0.5) is 0 Å². The summed E-state index contributed by atoms with van der Waals surface area (Å²) in [5, 5.41) is 0. The van der Waals surface area contributed by atoms with Gasteiger partial charge in [-0.25, -0.2) is 0 Å². The van der Waals surface area contributed by atoms with E-state index in [2.05, 4.69) is 0 Å². The quantitative estimate of drug-likeness (QED) is 0.548. The summed E-state index contributed by atoms with van der Waals surface area (Å²) in [5.74, 6) is -0.292. The van der Waals surface area contributed by atoms with E-state index in [0.29, 0.717) is 13.0 Å². The van der Waals surface area contributed by atoms with Crippen LogP contribution in [0.2, 0.25) is 0 Å². The molecule has 0 aromatic rings. The lowest BCUT2D eigenvalue weighted by molar-refractivity contribution is -0.181. The molecule has 1 saturated heterocycles. The van der Waals surface area contributed by atoms with E-state index < -0.39 is 17.1 Å². The average molecular weight is 242 g/mol. The Labute approximate surface area is 103 Å². The molecule has 0 radical (unpaired) electrons. The molecule has 0 spiro atoms. The highest BCUT2D eigenvalue weighted by Gasteiger charge is 2.37. The first-order valence-electron chi connectivity index (χ1n) is 6.06. The summed E-state index contributed by atoms with van der Waals surface area (Å²) in [4.78, 5) is 22.9. The molecular formula is C13H22O4. The van der Waals surface area contributed by atoms with Crippen molar-refractivity contribution in [1.82, 2.24) is 0 Å². The van der Waals surface area contributed by atoms with E-state index in [-0.39, 0.29) is 5.97 Å². The van der Waals surface area contributed by atoms with Gasteiger partial charge in [-0.05, 0) is 26.7 Å². The maximum absolute atomic E-state index is 12.0. The fraction of sp³-hybridized carbons (Fsp3) is 0.846. The van der Waals surface area contributed by atoms with Crippen molar-refractivity contribution in [2.45, 2.75) is 53.2 Å². The van der Waals surface area contributed by atoms with E-state index in [1.165, 1.54) is 0 Å². The minimum Gasteiger partial charge on any atom is -0.435 e. The van der Waals surface area contributed by atoms with Gasteiger partial charge >= 0.3 is 5.97 Å². The number of ether oxygens (including phenoxy) is 2. The Morgan fingerprint density at radius 3 is 2.53 bits per heavy atom. The third-order valence-corrected chi connectivity index (χ3v) is 2.90. The molecule has 0 N–H and O–H groups in total. The number of hydrogen-bond donors (Lipinski definition) is 0. The van der Waals surface area contributed by atoms with Crippen LogP contribution in [0.5, 0.6) is 0 Å². The van der Waals surface area contributed by atoms with Gasteiger partial charge in [0.15, 0.2) is 0 Å². The second kappa shape index (κ2) is 5.17. The summed E-state index contributed by atoms with van der Waals surface area (Å²) in [6.07, 6.45) is 2.64. The molecule has 17 heavy (non-hydrogen) atoms. The van der Waals surface area contributed by atoms with Gasteiger partial charge in [-0.2, -0.15) is 0 Å². The number of esters is 1. The summed E-state index contributed by atoms with van der Waals surface area (Å²) < 4.78 is 10.6. The van der Waals surface area contributed by atoms with Crippen LogP contribution in [0.3, 0.4) is 0 Å². The minimum atomic E-state index is -0.670. The number of rotatable bonds is 5. The molecule has 0 aromatic carbocycles. The second-order valence-corrected chi connectivity index (χ2v) is 6.01. The van der Waals surface area contributed by atoms with Gasteiger partial charge in [-0.15, -0.1) is 0 Å². The topological polar surface area (TPSA) is 52.6 Å². The third kappa shape index (κ3) is 4.11. The summed E-state index contributed by atoms with van der Waals surface area (Å²) in [6.45, 7) is 7.89. The van der Waals surface area contributed by atoms with Gasteiger partial charge in [0.05, 0.1) is 12.0 Å². The standard InChI is InChI=1S/C13H22O4/c1-12(2,9-14)8-13(3,4)11(15)17-10-6-5-7-16-10/h9-10H,5-8H2,1-4H3. The van der Waals surface area contributed by atoms with Gasteiger partial charge in [0.25, 0.3) is 0 Å². The Balaban J connectivity index is 2.56. The van der Waals surface area contributed by atoms with Gasteiger partial charge in [-0.3, -0.25) is 4.79 Å². The molecule has 0 aromatic heterocycles. The molecule has 98 valence electrons. The normalized spacial score (nSPS) is 21.3. The molecule has 4 heteroatoms. The second-order valence-electron chi connectivity index (χ2n) is 6.01. The molecular weight excluding hydrogens is 220 g/mol. The van der Waals surface area contributed by atoms with Crippen LogP contribution in [-0.4, -0.2) is 25.2 Å². The van der Waals surface area contributed by atoms with Crippen molar-refractivity contribution in [3.8, 4) is 0 Å². The molecule has 1 unspecified atom stereocenters. The fourth-order valence-corrected chi connectivity index (χ4v) is 2.17. The third-order valence-electron chi connectivity index (χ3n) is 2.90. The first-order chi connectivity index (χ1) is 7.77. The zero-order valence-electron chi connectivity index (χ0n) is 11.1. The van der Waals surface area contributed by atoms with Crippen molar-refractivity contribution >= 4 is 12.3 Å². The van der Waals surface area contributed by atoms with E-state index in [0.717, 1.165) is 19.1 Å². The molecule has 1 aliphatic rings. The predicted octanol–water partition coefficient (Wildman–Crippen LogP) is 2.31. The largest absolute Gasteiger partial charge is 0.435 e. The van der Waals surface area contributed by atoms with Crippen molar-refractivity contribution in [1.29, 1.82) is 0 Å². The highest BCUT2D eigenvalue weighted by atomic mass is 16.7. The van der Waals surface area contributed by atoms with Gasteiger partial charge in [0.1, 0.15) is 6.29 Å². The Hall–Kier alpha value is -0.900. The highest BCUT2D eigenvalue weighted by Crippen LogP contribution is 2.34. The molecule has 1 fully saturated rings. The van der Waals surface area contributed by atoms with Crippen molar-refractivity contribution in [2.24, 2.45) is 10.8 Å². The van der Waals surface area contributed by atoms with E-state index in [4.69, 9.17) is 9.47 Å². The van der Waals surface area contributed by atoms with Crippen LogP contribution in [0.25, 0.3) is 0 Å². The number of carbonyl (C=O) groups excluding carboxylic acids is 2. The maximum Gasteiger partial charge on any atom is 0.313 e. The van der Waals surface area contributed by atoms with Crippen molar-refractivity contribution in [3.63, 3.8) is 0 Å². The number of carbonyl (C=O) groups is 2. The lowest BCUT2D eigenvalue weighted by Gasteiger charge is -2.30. The zero-order valence-corrected chi connectivity index (χ0v) is 11.1. The zero-order chi connectivity index (χ0) is 13.1. The molecule has 1 heterocycles. The van der Waals surface area contributed by atoms with Gasteiger partial charge in [0.2, 0.25) is 6.29 Å². The Bertz CT molecular complexity index is 288. The molecule has 1 atom stereocenters. The minimum absolute atomic E-state index is 0.292. The molecule has 4 nitrogen and oxygen atoms in total. The highest BCUT2D eigenvalue weighted by molar-refractivity contribution is 5.77. The van der Waals surface area contributed by atoms with Crippen LogP contribution in [0.15, 0.2) is 0 Å².